The Balaban J connectivity index is 1.88. The van der Waals surface area contributed by atoms with E-state index in [9.17, 15) is 8.78 Å². The van der Waals surface area contributed by atoms with Gasteiger partial charge >= 0.3 is 0 Å². The van der Waals surface area contributed by atoms with Crippen molar-refractivity contribution in [1.82, 2.24) is 15.1 Å². The lowest BCUT2D eigenvalue weighted by molar-refractivity contribution is 0.530. The number of hydrogen-bond donors (Lipinski definition) is 1. The van der Waals surface area contributed by atoms with Crippen molar-refractivity contribution in [2.24, 2.45) is 7.05 Å². The summed E-state index contributed by atoms with van der Waals surface area (Å²) in [5.74, 6) is -1.07. The van der Waals surface area contributed by atoms with Gasteiger partial charge in [0, 0.05) is 25.4 Å². The first-order valence-electron chi connectivity index (χ1n) is 6.22. The highest BCUT2D eigenvalue weighted by molar-refractivity contribution is 5.18. The summed E-state index contributed by atoms with van der Waals surface area (Å²) >= 11 is 0. The molecule has 1 aromatic heterocycles. The molecule has 0 bridgehead atoms. The Morgan fingerprint density at radius 1 is 1.26 bits per heavy atom. The molecule has 3 nitrogen and oxygen atoms in total. The summed E-state index contributed by atoms with van der Waals surface area (Å²) < 4.78 is 27.8. The Labute approximate surface area is 111 Å². The first-order chi connectivity index (χ1) is 9.06. The highest BCUT2D eigenvalue weighted by Gasteiger charge is 2.08. The monoisotopic (exact) mass is 265 g/mol. The van der Waals surface area contributed by atoms with Crippen LogP contribution in [0.4, 0.5) is 8.78 Å². The van der Waals surface area contributed by atoms with Gasteiger partial charge in [0.25, 0.3) is 0 Å². The third kappa shape index (κ3) is 3.61. The summed E-state index contributed by atoms with van der Waals surface area (Å²) in [6, 6.07) is 5.69. The smallest absolute Gasteiger partial charge is 0.126 e. The molecule has 0 aliphatic carbocycles. The van der Waals surface area contributed by atoms with Crippen molar-refractivity contribution >= 4 is 0 Å². The molecule has 1 unspecified atom stereocenters. The molecule has 1 atom stereocenters. The van der Waals surface area contributed by atoms with Crippen molar-refractivity contribution in [2.45, 2.75) is 19.4 Å². The zero-order valence-corrected chi connectivity index (χ0v) is 11.0. The van der Waals surface area contributed by atoms with Crippen molar-refractivity contribution in [3.05, 3.63) is 53.4 Å². The van der Waals surface area contributed by atoms with Gasteiger partial charge in [0.2, 0.25) is 0 Å². The number of hydrogen-bond acceptors (Lipinski definition) is 2. The van der Waals surface area contributed by atoms with Gasteiger partial charge in [-0.05, 0) is 43.7 Å². The molecule has 102 valence electrons. The Bertz CT molecular complexity index is 531. The van der Waals surface area contributed by atoms with E-state index in [1.165, 1.54) is 12.1 Å². The highest BCUT2D eigenvalue weighted by atomic mass is 19.1. The van der Waals surface area contributed by atoms with Crippen LogP contribution in [0.3, 0.4) is 0 Å². The van der Waals surface area contributed by atoms with E-state index in [-0.39, 0.29) is 6.04 Å². The topological polar surface area (TPSA) is 29.9 Å². The minimum atomic E-state index is -0.533. The van der Waals surface area contributed by atoms with Crippen LogP contribution < -0.4 is 5.32 Å². The van der Waals surface area contributed by atoms with Gasteiger partial charge in [0.15, 0.2) is 0 Å². The average Bonchev–Trinajstić information content (AvgIpc) is 2.74. The van der Waals surface area contributed by atoms with Gasteiger partial charge in [-0.15, -0.1) is 0 Å². The van der Waals surface area contributed by atoms with Crippen LogP contribution in [-0.2, 0) is 13.5 Å². The van der Waals surface area contributed by atoms with Crippen LogP contribution in [0.1, 0.15) is 24.2 Å². The Kier molecular flexibility index (Phi) is 4.27. The molecule has 19 heavy (non-hydrogen) atoms. The largest absolute Gasteiger partial charge is 0.309 e. The lowest BCUT2D eigenvalue weighted by Gasteiger charge is -2.14. The molecule has 1 aromatic carbocycles. The van der Waals surface area contributed by atoms with Crippen LogP contribution in [0.2, 0.25) is 0 Å². The molecule has 0 fully saturated rings. The van der Waals surface area contributed by atoms with Gasteiger partial charge in [-0.3, -0.25) is 4.68 Å². The van der Waals surface area contributed by atoms with Crippen LogP contribution >= 0.6 is 0 Å². The molecule has 5 heteroatoms. The summed E-state index contributed by atoms with van der Waals surface area (Å²) in [4.78, 5) is 0. The molecule has 1 heterocycles. The van der Waals surface area contributed by atoms with Crippen molar-refractivity contribution in [3.63, 3.8) is 0 Å². The Hall–Kier alpha value is -1.75. The van der Waals surface area contributed by atoms with E-state index < -0.39 is 11.6 Å². The highest BCUT2D eigenvalue weighted by Crippen LogP contribution is 2.11. The number of benzene rings is 1. The maximum atomic E-state index is 13.0. The van der Waals surface area contributed by atoms with Crippen LogP contribution in [0.5, 0.6) is 0 Å². The molecule has 2 aromatic rings. The van der Waals surface area contributed by atoms with E-state index in [0.29, 0.717) is 18.5 Å². The van der Waals surface area contributed by atoms with Crippen molar-refractivity contribution in [1.29, 1.82) is 0 Å². The average molecular weight is 265 g/mol. The van der Waals surface area contributed by atoms with Crippen LogP contribution in [-0.4, -0.2) is 16.3 Å². The van der Waals surface area contributed by atoms with Crippen LogP contribution in [0.25, 0.3) is 0 Å². The molecule has 0 spiro atoms. The van der Waals surface area contributed by atoms with E-state index >= 15 is 0 Å². The second-order valence-corrected chi connectivity index (χ2v) is 4.58. The summed E-state index contributed by atoms with van der Waals surface area (Å²) in [7, 11) is 1.88. The zero-order valence-electron chi connectivity index (χ0n) is 11.0. The fraction of sp³-hybridized carbons (Fsp3) is 0.357. The normalized spacial score (nSPS) is 12.6. The number of aromatic nitrogens is 2. The second kappa shape index (κ2) is 5.93. The van der Waals surface area contributed by atoms with Gasteiger partial charge in [-0.25, -0.2) is 8.78 Å². The molecule has 1 N–H and O–H groups in total. The molecule has 0 radical (unpaired) electrons. The maximum absolute atomic E-state index is 13.0. The van der Waals surface area contributed by atoms with Crippen molar-refractivity contribution < 1.29 is 8.78 Å². The number of rotatable bonds is 5. The van der Waals surface area contributed by atoms with E-state index in [0.717, 1.165) is 11.8 Å². The zero-order chi connectivity index (χ0) is 13.8. The number of halogens is 2. The first-order valence-corrected chi connectivity index (χ1v) is 6.22. The number of nitrogens with zero attached hydrogens (tertiary/aromatic N) is 2. The van der Waals surface area contributed by atoms with E-state index in [1.54, 1.807) is 10.9 Å². The second-order valence-electron chi connectivity index (χ2n) is 4.58. The summed E-state index contributed by atoms with van der Waals surface area (Å²) in [6.07, 6.45) is 2.33. The van der Waals surface area contributed by atoms with Gasteiger partial charge in [-0.1, -0.05) is 0 Å². The summed E-state index contributed by atoms with van der Waals surface area (Å²) in [5.41, 5.74) is 1.73. The molecular formula is C14H17F2N3. The third-order valence-electron chi connectivity index (χ3n) is 3.09. The fourth-order valence-corrected chi connectivity index (χ4v) is 2.10. The Morgan fingerprint density at radius 3 is 2.53 bits per heavy atom. The van der Waals surface area contributed by atoms with Gasteiger partial charge in [-0.2, -0.15) is 5.10 Å². The fourth-order valence-electron chi connectivity index (χ4n) is 2.10. The lowest BCUT2D eigenvalue weighted by Crippen LogP contribution is -2.23. The Morgan fingerprint density at radius 2 is 1.95 bits per heavy atom. The predicted octanol–water partition coefficient (Wildman–Crippen LogP) is 2.59. The van der Waals surface area contributed by atoms with Gasteiger partial charge < -0.3 is 5.32 Å². The summed E-state index contributed by atoms with van der Waals surface area (Å²) in [6.45, 7) is 2.68. The first kappa shape index (κ1) is 13.7. The molecule has 0 saturated carbocycles. The predicted molar refractivity (Wildman–Crippen MR) is 69.7 cm³/mol. The van der Waals surface area contributed by atoms with Crippen LogP contribution in [0, 0.1) is 11.6 Å². The molecule has 2 rings (SSSR count). The standard InChI is InChI=1S/C14H17F2N3/c1-10(14-4-6-18-19(14)2)17-5-3-11-7-12(15)9-13(16)8-11/h4,6-10,17H,3,5H2,1-2H3. The van der Waals surface area contributed by atoms with Gasteiger partial charge in [0.1, 0.15) is 11.6 Å². The molecule has 0 saturated heterocycles. The van der Waals surface area contributed by atoms with Crippen molar-refractivity contribution in [2.75, 3.05) is 6.54 Å². The minimum Gasteiger partial charge on any atom is -0.309 e. The number of nitrogens with one attached hydrogen (secondary N) is 1. The molecule has 0 aliphatic rings. The third-order valence-corrected chi connectivity index (χ3v) is 3.09. The van der Waals surface area contributed by atoms with Crippen LogP contribution in [0.15, 0.2) is 30.5 Å². The van der Waals surface area contributed by atoms with E-state index in [4.69, 9.17) is 0 Å². The van der Waals surface area contributed by atoms with E-state index in [1.807, 2.05) is 20.0 Å². The molecule has 0 amide bonds. The molecule has 0 aliphatic heterocycles. The lowest BCUT2D eigenvalue weighted by atomic mass is 10.1. The quantitative estimate of drug-likeness (QED) is 0.900. The van der Waals surface area contributed by atoms with E-state index in [2.05, 4.69) is 10.4 Å². The molecular weight excluding hydrogens is 248 g/mol. The maximum Gasteiger partial charge on any atom is 0.126 e. The summed E-state index contributed by atoms with van der Waals surface area (Å²) in [5, 5.41) is 7.41. The van der Waals surface area contributed by atoms with Gasteiger partial charge in [0.05, 0.1) is 5.69 Å². The SMILES string of the molecule is CC(NCCc1cc(F)cc(F)c1)c1ccnn1C. The minimum absolute atomic E-state index is 0.144. The van der Waals surface area contributed by atoms with Crippen molar-refractivity contribution in [3.8, 4) is 0 Å². The number of aryl methyl sites for hydroxylation is 1.